The van der Waals surface area contributed by atoms with Crippen LogP contribution in [-0.2, 0) is 10.0 Å². The zero-order valence-electron chi connectivity index (χ0n) is 9.49. The topological polar surface area (TPSA) is 89.2 Å². The van der Waals surface area contributed by atoms with Crippen LogP contribution in [0.3, 0.4) is 0 Å². The van der Waals surface area contributed by atoms with Crippen LogP contribution in [0.4, 0.5) is 0 Å². The summed E-state index contributed by atoms with van der Waals surface area (Å²) in [6.07, 6.45) is 5.55. The highest BCUT2D eigenvalue weighted by molar-refractivity contribution is 7.89. The van der Waals surface area contributed by atoms with Crippen LogP contribution in [0.2, 0.25) is 0 Å². The second-order valence-corrected chi connectivity index (χ2v) is 5.82. The molecule has 0 aliphatic carbocycles. The fraction of sp³-hybridized carbons (Fsp3) is 0.600. The quantitative estimate of drug-likeness (QED) is 0.768. The van der Waals surface area contributed by atoms with Crippen molar-refractivity contribution in [3.8, 4) is 0 Å². The van der Waals surface area contributed by atoms with Gasteiger partial charge in [0.1, 0.15) is 0 Å². The van der Waals surface area contributed by atoms with E-state index < -0.39 is 10.0 Å². The van der Waals surface area contributed by atoms with Gasteiger partial charge >= 0.3 is 0 Å². The molecule has 6 nitrogen and oxygen atoms in total. The van der Waals surface area contributed by atoms with E-state index in [-0.39, 0.29) is 11.2 Å². The van der Waals surface area contributed by atoms with Gasteiger partial charge in [0.05, 0.1) is 0 Å². The van der Waals surface area contributed by atoms with Gasteiger partial charge in [0, 0.05) is 31.5 Å². The molecular formula is C10H16N4O2S. The van der Waals surface area contributed by atoms with Crippen molar-refractivity contribution in [2.24, 2.45) is 5.73 Å². The Kier molecular flexibility index (Phi) is 3.70. The number of nitrogens with two attached hydrogens (primary N) is 1. The molecule has 0 spiro atoms. The molecule has 1 aromatic heterocycles. The van der Waals surface area contributed by atoms with Crippen LogP contribution in [0.5, 0.6) is 0 Å². The summed E-state index contributed by atoms with van der Waals surface area (Å²) >= 11 is 0. The number of rotatable bonds is 3. The third kappa shape index (κ3) is 2.46. The lowest BCUT2D eigenvalue weighted by Gasteiger charge is -2.33. The molecule has 1 unspecified atom stereocenters. The van der Waals surface area contributed by atoms with Crippen LogP contribution in [0.25, 0.3) is 0 Å². The van der Waals surface area contributed by atoms with Crippen molar-refractivity contribution in [3.05, 3.63) is 18.5 Å². The van der Waals surface area contributed by atoms with Gasteiger partial charge in [0.25, 0.3) is 15.2 Å². The lowest BCUT2D eigenvalue weighted by atomic mass is 10.1. The molecule has 1 aromatic rings. The number of nitrogens with zero attached hydrogens (tertiary/aromatic N) is 3. The number of hydrogen-bond acceptors (Lipinski definition) is 5. The average molecular weight is 256 g/mol. The molecule has 2 rings (SSSR count). The summed E-state index contributed by atoms with van der Waals surface area (Å²) in [5, 5.41) is -0.139. The molecule has 2 heterocycles. The standard InChI is InChI=1S/C10H16N4O2S/c11-8-9-4-1-2-7-14(9)17(15,16)10-12-5-3-6-13-10/h3,5-6,9H,1-2,4,7-8,11H2. The summed E-state index contributed by atoms with van der Waals surface area (Å²) in [4.78, 5) is 7.63. The van der Waals surface area contributed by atoms with Crippen LogP contribution < -0.4 is 5.73 Å². The van der Waals surface area contributed by atoms with Crippen molar-refractivity contribution in [2.75, 3.05) is 13.1 Å². The van der Waals surface area contributed by atoms with Crippen LogP contribution >= 0.6 is 0 Å². The van der Waals surface area contributed by atoms with E-state index in [1.165, 1.54) is 16.7 Å². The molecule has 2 N–H and O–H groups in total. The summed E-state index contributed by atoms with van der Waals surface area (Å²) in [5.74, 6) is 0. The first-order chi connectivity index (χ1) is 8.16. The van der Waals surface area contributed by atoms with Crippen LogP contribution in [0.15, 0.2) is 23.6 Å². The highest BCUT2D eigenvalue weighted by Gasteiger charge is 2.34. The summed E-state index contributed by atoms with van der Waals surface area (Å²) in [6, 6.07) is 1.47. The van der Waals surface area contributed by atoms with Crippen molar-refractivity contribution in [2.45, 2.75) is 30.5 Å². The van der Waals surface area contributed by atoms with Crippen LogP contribution in [0.1, 0.15) is 19.3 Å². The molecular weight excluding hydrogens is 240 g/mol. The second kappa shape index (κ2) is 5.07. The molecule has 1 saturated heterocycles. The average Bonchev–Trinajstić information content (AvgIpc) is 2.39. The molecule has 94 valence electrons. The molecule has 17 heavy (non-hydrogen) atoms. The molecule has 0 bridgehead atoms. The Morgan fingerprint density at radius 3 is 2.71 bits per heavy atom. The minimum Gasteiger partial charge on any atom is -0.329 e. The van der Waals surface area contributed by atoms with Gasteiger partial charge in [-0.1, -0.05) is 6.42 Å². The maximum Gasteiger partial charge on any atom is 0.279 e. The molecule has 0 amide bonds. The van der Waals surface area contributed by atoms with Crippen molar-refractivity contribution in [3.63, 3.8) is 0 Å². The smallest absolute Gasteiger partial charge is 0.279 e. The van der Waals surface area contributed by atoms with Crippen LogP contribution in [0, 0.1) is 0 Å². The molecule has 0 aromatic carbocycles. The van der Waals surface area contributed by atoms with Gasteiger partial charge in [-0.3, -0.25) is 0 Å². The van der Waals surface area contributed by atoms with Crippen molar-refractivity contribution in [1.82, 2.24) is 14.3 Å². The van der Waals surface area contributed by atoms with Gasteiger partial charge in [0.15, 0.2) is 0 Å². The van der Waals surface area contributed by atoms with E-state index in [1.807, 2.05) is 0 Å². The summed E-state index contributed by atoms with van der Waals surface area (Å²) in [5.41, 5.74) is 5.62. The highest BCUT2D eigenvalue weighted by Crippen LogP contribution is 2.22. The minimum absolute atomic E-state index is 0.127. The monoisotopic (exact) mass is 256 g/mol. The third-order valence-corrected chi connectivity index (χ3v) is 4.70. The Balaban J connectivity index is 2.31. The maximum absolute atomic E-state index is 12.3. The summed E-state index contributed by atoms with van der Waals surface area (Å²) < 4.78 is 26.0. The van der Waals surface area contributed by atoms with Gasteiger partial charge < -0.3 is 5.73 Å². The Morgan fingerprint density at radius 1 is 1.35 bits per heavy atom. The van der Waals surface area contributed by atoms with Crippen molar-refractivity contribution < 1.29 is 8.42 Å². The van der Waals surface area contributed by atoms with E-state index in [4.69, 9.17) is 5.73 Å². The predicted molar refractivity (Wildman–Crippen MR) is 62.6 cm³/mol. The predicted octanol–water partition coefficient (Wildman–Crippen LogP) is -0.0215. The SMILES string of the molecule is NCC1CCCCN1S(=O)(=O)c1ncccn1. The fourth-order valence-corrected chi connectivity index (χ4v) is 3.60. The first-order valence-corrected chi connectivity index (χ1v) is 7.09. The van der Waals surface area contributed by atoms with Crippen molar-refractivity contribution in [1.29, 1.82) is 0 Å². The van der Waals surface area contributed by atoms with E-state index >= 15 is 0 Å². The Hall–Kier alpha value is -1.05. The molecule has 1 aliphatic heterocycles. The molecule has 0 saturated carbocycles. The molecule has 1 fully saturated rings. The molecule has 1 aliphatic rings. The number of sulfonamides is 1. The normalized spacial score (nSPS) is 22.5. The maximum atomic E-state index is 12.3. The van der Waals surface area contributed by atoms with E-state index in [0.29, 0.717) is 13.1 Å². The Morgan fingerprint density at radius 2 is 2.06 bits per heavy atom. The van der Waals surface area contributed by atoms with Crippen molar-refractivity contribution >= 4 is 10.0 Å². The van der Waals surface area contributed by atoms with E-state index in [0.717, 1.165) is 19.3 Å². The molecule has 7 heteroatoms. The number of hydrogen-bond donors (Lipinski definition) is 1. The zero-order chi connectivity index (χ0) is 12.3. The van der Waals surface area contributed by atoms with Gasteiger partial charge in [-0.05, 0) is 18.9 Å². The minimum atomic E-state index is -3.59. The summed E-state index contributed by atoms with van der Waals surface area (Å²) in [7, 11) is -3.59. The van der Waals surface area contributed by atoms with Gasteiger partial charge in [-0.15, -0.1) is 0 Å². The highest BCUT2D eigenvalue weighted by atomic mass is 32.2. The number of aromatic nitrogens is 2. The first kappa shape index (κ1) is 12.4. The molecule has 1 atom stereocenters. The van der Waals surface area contributed by atoms with Gasteiger partial charge in [0.2, 0.25) is 0 Å². The Bertz CT molecular complexity index is 462. The van der Waals surface area contributed by atoms with E-state index in [1.54, 1.807) is 6.07 Å². The number of piperidine rings is 1. The summed E-state index contributed by atoms with van der Waals surface area (Å²) in [6.45, 7) is 0.842. The molecule has 0 radical (unpaired) electrons. The third-order valence-electron chi connectivity index (χ3n) is 2.93. The largest absolute Gasteiger partial charge is 0.329 e. The van der Waals surface area contributed by atoms with Gasteiger partial charge in [-0.25, -0.2) is 18.4 Å². The Labute approximate surface area is 101 Å². The van der Waals surface area contributed by atoms with E-state index in [9.17, 15) is 8.42 Å². The lowest BCUT2D eigenvalue weighted by molar-refractivity contribution is 0.256. The van der Waals surface area contributed by atoms with Crippen LogP contribution in [-0.4, -0.2) is 41.8 Å². The second-order valence-electron chi connectivity index (χ2n) is 4.03. The zero-order valence-corrected chi connectivity index (χ0v) is 10.3. The fourth-order valence-electron chi connectivity index (χ4n) is 2.05. The van der Waals surface area contributed by atoms with Gasteiger partial charge in [-0.2, -0.15) is 4.31 Å². The van der Waals surface area contributed by atoms with E-state index in [2.05, 4.69) is 9.97 Å². The first-order valence-electron chi connectivity index (χ1n) is 5.65. The lowest BCUT2D eigenvalue weighted by Crippen LogP contribution is -2.47.